The number of carbonyl (C=O) groups is 2. The fraction of sp³-hybridized carbons (Fsp3) is 0.556. The monoisotopic (exact) mass is 373 g/mol. The molecule has 1 aliphatic heterocycles. The molecule has 2 fully saturated rings. The van der Waals surface area contributed by atoms with Crippen LogP contribution in [0.3, 0.4) is 0 Å². The maximum Gasteiger partial charge on any atom is 0.416 e. The largest absolute Gasteiger partial charge is 0.479 e. The summed E-state index contributed by atoms with van der Waals surface area (Å²) < 4.78 is 53.5. The highest BCUT2D eigenvalue weighted by Gasteiger charge is 2.52. The van der Waals surface area contributed by atoms with Gasteiger partial charge in [0.05, 0.1) is 17.5 Å². The van der Waals surface area contributed by atoms with Crippen LogP contribution < -0.4 is 0 Å². The predicted molar refractivity (Wildman–Crippen MR) is 84.3 cm³/mol. The molecule has 2 aliphatic rings. The number of hydrogen-bond acceptors (Lipinski definition) is 2. The number of nitrogens with zero attached hydrogens (tertiary/aromatic N) is 1. The Bertz CT molecular complexity index is 727. The van der Waals surface area contributed by atoms with E-state index in [1.165, 1.54) is 12.1 Å². The molecule has 0 spiro atoms. The van der Waals surface area contributed by atoms with Gasteiger partial charge in [0, 0.05) is 13.0 Å². The lowest BCUT2D eigenvalue weighted by molar-refractivity contribution is -0.150. The van der Waals surface area contributed by atoms with Crippen LogP contribution in [0.25, 0.3) is 0 Å². The second kappa shape index (κ2) is 6.25. The number of alkyl halides is 4. The first kappa shape index (κ1) is 18.7. The molecule has 1 atom stereocenters. The smallest absolute Gasteiger partial charge is 0.416 e. The molecule has 1 N–H and O–H groups in total. The predicted octanol–water partition coefficient (Wildman–Crippen LogP) is 3.54. The summed E-state index contributed by atoms with van der Waals surface area (Å²) in [6.45, 7) is -0.621. The minimum atomic E-state index is -4.52. The molecule has 1 amide bonds. The molecule has 1 aromatic carbocycles. The van der Waals surface area contributed by atoms with Gasteiger partial charge in [-0.2, -0.15) is 13.2 Å². The Hall–Kier alpha value is -2.12. The topological polar surface area (TPSA) is 57.6 Å². The highest BCUT2D eigenvalue weighted by molar-refractivity contribution is 5.90. The normalized spacial score (nSPS) is 25.5. The molecule has 26 heavy (non-hydrogen) atoms. The van der Waals surface area contributed by atoms with E-state index in [4.69, 9.17) is 5.11 Å². The molecule has 0 radical (unpaired) electrons. The van der Waals surface area contributed by atoms with E-state index in [1.807, 2.05) is 0 Å². The van der Waals surface area contributed by atoms with Crippen LogP contribution in [0.4, 0.5) is 17.6 Å². The van der Waals surface area contributed by atoms with E-state index in [9.17, 15) is 27.2 Å². The van der Waals surface area contributed by atoms with Crippen LogP contribution in [-0.4, -0.2) is 40.6 Å². The van der Waals surface area contributed by atoms with Gasteiger partial charge >= 0.3 is 12.1 Å². The van der Waals surface area contributed by atoms with Gasteiger partial charge in [-0.25, -0.2) is 9.18 Å². The second-order valence-corrected chi connectivity index (χ2v) is 7.11. The molecule has 4 nitrogen and oxygen atoms in total. The van der Waals surface area contributed by atoms with E-state index < -0.39 is 41.2 Å². The fourth-order valence-corrected chi connectivity index (χ4v) is 4.02. The van der Waals surface area contributed by atoms with E-state index in [1.54, 1.807) is 0 Å². The van der Waals surface area contributed by atoms with E-state index in [-0.39, 0.29) is 18.5 Å². The summed E-state index contributed by atoms with van der Waals surface area (Å²) in [6, 6.07) is 4.70. The molecule has 3 rings (SSSR count). The Balaban J connectivity index is 1.94. The van der Waals surface area contributed by atoms with Crippen LogP contribution in [0.1, 0.15) is 43.2 Å². The number of benzene rings is 1. The van der Waals surface area contributed by atoms with Crippen LogP contribution in [0.15, 0.2) is 24.3 Å². The van der Waals surface area contributed by atoms with Crippen molar-refractivity contribution in [3.05, 3.63) is 35.4 Å². The number of carbonyl (C=O) groups excluding carboxylic acids is 1. The van der Waals surface area contributed by atoms with E-state index in [0.29, 0.717) is 25.7 Å². The van der Waals surface area contributed by atoms with Crippen molar-refractivity contribution < 1.29 is 32.3 Å². The van der Waals surface area contributed by atoms with Crippen molar-refractivity contribution in [2.24, 2.45) is 0 Å². The number of halogens is 4. The van der Waals surface area contributed by atoms with Gasteiger partial charge < -0.3 is 10.0 Å². The van der Waals surface area contributed by atoms with Crippen LogP contribution in [0, 0.1) is 0 Å². The summed E-state index contributed by atoms with van der Waals surface area (Å²) in [5.74, 6) is -2.09. The SMILES string of the molecule is O=C(O)C1(F)CCN(C(=O)C2(c3cccc(C(F)(F)F)c3)CCCC2)C1. The number of carboxylic acids is 1. The Labute approximate surface area is 147 Å². The number of rotatable bonds is 3. The lowest BCUT2D eigenvalue weighted by Crippen LogP contribution is -2.47. The molecule has 1 aromatic rings. The average Bonchev–Trinajstić information content (AvgIpc) is 3.22. The number of likely N-dealkylation sites (tertiary alicyclic amines) is 1. The first-order valence-electron chi connectivity index (χ1n) is 8.48. The molecular formula is C18H19F4NO3. The lowest BCUT2D eigenvalue weighted by atomic mass is 9.77. The van der Waals surface area contributed by atoms with Crippen molar-refractivity contribution in [3.8, 4) is 0 Å². The molecule has 1 aliphatic carbocycles. The summed E-state index contributed by atoms with van der Waals surface area (Å²) in [6.07, 6.45) is -2.74. The highest BCUT2D eigenvalue weighted by Crippen LogP contribution is 2.45. The van der Waals surface area contributed by atoms with Gasteiger partial charge in [-0.05, 0) is 24.5 Å². The van der Waals surface area contributed by atoms with E-state index in [0.717, 1.165) is 17.0 Å². The molecule has 1 heterocycles. The Morgan fingerprint density at radius 1 is 1.12 bits per heavy atom. The van der Waals surface area contributed by atoms with Gasteiger partial charge in [0.1, 0.15) is 0 Å². The fourth-order valence-electron chi connectivity index (χ4n) is 4.02. The first-order chi connectivity index (χ1) is 12.1. The molecule has 0 bridgehead atoms. The zero-order chi connectivity index (χ0) is 19.2. The molecular weight excluding hydrogens is 354 g/mol. The van der Waals surface area contributed by atoms with Crippen LogP contribution in [0.2, 0.25) is 0 Å². The Morgan fingerprint density at radius 2 is 1.77 bits per heavy atom. The van der Waals surface area contributed by atoms with Gasteiger partial charge in [-0.1, -0.05) is 31.0 Å². The highest BCUT2D eigenvalue weighted by atomic mass is 19.4. The second-order valence-electron chi connectivity index (χ2n) is 7.11. The zero-order valence-electron chi connectivity index (χ0n) is 14.0. The van der Waals surface area contributed by atoms with E-state index >= 15 is 0 Å². The third kappa shape index (κ3) is 3.05. The average molecular weight is 373 g/mol. The van der Waals surface area contributed by atoms with Crippen molar-refractivity contribution in [1.82, 2.24) is 4.90 Å². The van der Waals surface area contributed by atoms with Gasteiger partial charge in [-0.3, -0.25) is 4.79 Å². The third-order valence-electron chi connectivity index (χ3n) is 5.50. The minimum absolute atomic E-state index is 0.0532. The van der Waals surface area contributed by atoms with Crippen molar-refractivity contribution in [2.45, 2.75) is 49.4 Å². The third-order valence-corrected chi connectivity index (χ3v) is 5.50. The standard InChI is InChI=1S/C18H19F4NO3/c19-17(15(25)26)8-9-23(11-17)14(24)16(6-1-2-7-16)12-4-3-5-13(10-12)18(20,21)22/h3-5,10H,1-2,6-9,11H2,(H,25,26). The molecule has 1 saturated carbocycles. The van der Waals surface area contributed by atoms with Crippen LogP contribution in [-0.2, 0) is 21.2 Å². The summed E-state index contributed by atoms with van der Waals surface area (Å²) in [4.78, 5) is 25.4. The summed E-state index contributed by atoms with van der Waals surface area (Å²) in [5, 5.41) is 9.01. The maximum absolute atomic E-state index is 14.3. The van der Waals surface area contributed by atoms with Gasteiger partial charge in [-0.15, -0.1) is 0 Å². The molecule has 1 saturated heterocycles. The first-order valence-corrected chi connectivity index (χ1v) is 8.48. The van der Waals surface area contributed by atoms with Crippen molar-refractivity contribution in [3.63, 3.8) is 0 Å². The van der Waals surface area contributed by atoms with Crippen molar-refractivity contribution in [2.75, 3.05) is 13.1 Å². The molecule has 8 heteroatoms. The van der Waals surface area contributed by atoms with Crippen molar-refractivity contribution >= 4 is 11.9 Å². The molecule has 1 unspecified atom stereocenters. The molecule has 142 valence electrons. The summed E-state index contributed by atoms with van der Waals surface area (Å²) in [5.41, 5.74) is -4.21. The maximum atomic E-state index is 14.3. The lowest BCUT2D eigenvalue weighted by Gasteiger charge is -2.33. The minimum Gasteiger partial charge on any atom is -0.479 e. The number of aliphatic carboxylic acids is 1. The number of carboxylic acid groups (broad SMARTS) is 1. The zero-order valence-corrected chi connectivity index (χ0v) is 14.0. The van der Waals surface area contributed by atoms with Crippen LogP contribution in [0.5, 0.6) is 0 Å². The quantitative estimate of drug-likeness (QED) is 0.825. The Kier molecular flexibility index (Phi) is 4.48. The van der Waals surface area contributed by atoms with Gasteiger partial charge in [0.25, 0.3) is 0 Å². The number of hydrogen-bond donors (Lipinski definition) is 1. The van der Waals surface area contributed by atoms with Gasteiger partial charge in [0.2, 0.25) is 11.6 Å². The Morgan fingerprint density at radius 3 is 2.31 bits per heavy atom. The summed E-state index contributed by atoms with van der Waals surface area (Å²) >= 11 is 0. The molecule has 0 aromatic heterocycles. The van der Waals surface area contributed by atoms with E-state index in [2.05, 4.69) is 0 Å². The van der Waals surface area contributed by atoms with Crippen LogP contribution >= 0.6 is 0 Å². The van der Waals surface area contributed by atoms with Crippen molar-refractivity contribution in [1.29, 1.82) is 0 Å². The number of amides is 1. The summed E-state index contributed by atoms with van der Waals surface area (Å²) in [7, 11) is 0. The van der Waals surface area contributed by atoms with Gasteiger partial charge in [0.15, 0.2) is 0 Å².